The van der Waals surface area contributed by atoms with E-state index < -0.39 is 0 Å². The van der Waals surface area contributed by atoms with Gasteiger partial charge >= 0.3 is 0 Å². The molecule has 4 aromatic rings. The first-order valence-corrected chi connectivity index (χ1v) is 13.8. The van der Waals surface area contributed by atoms with Crippen molar-refractivity contribution in [3.8, 4) is 0 Å². The van der Waals surface area contributed by atoms with Crippen molar-refractivity contribution in [3.63, 3.8) is 0 Å². The molecule has 0 bridgehead atoms. The molecule has 198 valence electrons. The molecule has 0 heterocycles. The Labute approximate surface area is 230 Å². The van der Waals surface area contributed by atoms with E-state index in [2.05, 4.69) is 157 Å². The third-order valence-corrected chi connectivity index (χ3v) is 7.44. The molecule has 38 heavy (non-hydrogen) atoms. The molecule has 0 aliphatic heterocycles. The van der Waals surface area contributed by atoms with Gasteiger partial charge in [0.2, 0.25) is 0 Å². The predicted molar refractivity (Wildman–Crippen MR) is 161 cm³/mol. The lowest BCUT2D eigenvalue weighted by molar-refractivity contribution is 0.147. The predicted octanol–water partition coefficient (Wildman–Crippen LogP) is 6.92. The van der Waals surface area contributed by atoms with Gasteiger partial charge in [-0.25, -0.2) is 0 Å². The van der Waals surface area contributed by atoms with Gasteiger partial charge in [-0.05, 0) is 56.4 Å². The maximum Gasteiger partial charge on any atom is 0.0233 e. The van der Waals surface area contributed by atoms with Crippen LogP contribution in [0.4, 0.5) is 0 Å². The van der Waals surface area contributed by atoms with E-state index in [1.165, 1.54) is 22.3 Å². The summed E-state index contributed by atoms with van der Waals surface area (Å²) in [6, 6.07) is 44.0. The third-order valence-electron chi connectivity index (χ3n) is 7.44. The van der Waals surface area contributed by atoms with Crippen molar-refractivity contribution in [2.45, 2.75) is 38.0 Å². The van der Waals surface area contributed by atoms with E-state index >= 15 is 0 Å². The Hall–Kier alpha value is -3.24. The monoisotopic (exact) mass is 505 g/mol. The Morgan fingerprint density at radius 3 is 1.42 bits per heavy atom. The third kappa shape index (κ3) is 8.66. The summed E-state index contributed by atoms with van der Waals surface area (Å²) >= 11 is 0. The van der Waals surface area contributed by atoms with Gasteiger partial charge in [0.15, 0.2) is 0 Å². The van der Waals surface area contributed by atoms with E-state index in [4.69, 9.17) is 0 Å². The quantitative estimate of drug-likeness (QED) is 0.184. The SMILES string of the molecule is CN(CCC(C(CN(C)Cc1ccccc1)c1ccccc1)N(C)Cc1ccccc1)Cc1ccccc1. The van der Waals surface area contributed by atoms with Crippen molar-refractivity contribution in [1.82, 2.24) is 14.7 Å². The minimum atomic E-state index is 0.392. The minimum absolute atomic E-state index is 0.392. The van der Waals surface area contributed by atoms with Crippen LogP contribution in [-0.4, -0.2) is 55.0 Å². The molecule has 4 rings (SSSR count). The van der Waals surface area contributed by atoms with Crippen molar-refractivity contribution in [1.29, 1.82) is 0 Å². The van der Waals surface area contributed by atoms with Crippen LogP contribution in [0.1, 0.15) is 34.6 Å². The Kier molecular flexibility index (Phi) is 10.7. The van der Waals surface area contributed by atoms with Gasteiger partial charge in [-0.3, -0.25) is 4.90 Å². The van der Waals surface area contributed by atoms with E-state index in [1.54, 1.807) is 0 Å². The zero-order chi connectivity index (χ0) is 26.6. The molecule has 0 fully saturated rings. The lowest BCUT2D eigenvalue weighted by Gasteiger charge is -2.38. The van der Waals surface area contributed by atoms with E-state index in [-0.39, 0.29) is 0 Å². The summed E-state index contributed by atoms with van der Waals surface area (Å²) in [5.41, 5.74) is 5.51. The molecule has 0 aromatic heterocycles. The van der Waals surface area contributed by atoms with Crippen LogP contribution in [0.3, 0.4) is 0 Å². The summed E-state index contributed by atoms with van der Waals surface area (Å²) in [6.07, 6.45) is 1.10. The number of hydrogen-bond acceptors (Lipinski definition) is 3. The Balaban J connectivity index is 1.55. The number of rotatable bonds is 14. The van der Waals surface area contributed by atoms with Crippen molar-refractivity contribution >= 4 is 0 Å². The van der Waals surface area contributed by atoms with Gasteiger partial charge in [0.1, 0.15) is 0 Å². The first-order chi connectivity index (χ1) is 18.6. The van der Waals surface area contributed by atoms with Crippen molar-refractivity contribution in [2.24, 2.45) is 0 Å². The van der Waals surface area contributed by atoms with Crippen LogP contribution in [0.2, 0.25) is 0 Å². The standard InChI is InChI=1S/C35H43N3/c1-36(26-30-16-8-4-9-17-30)25-24-35(38(3)28-32-20-12-6-13-21-32)34(33-22-14-7-15-23-33)29-37(2)27-31-18-10-5-11-19-31/h4-23,34-35H,24-29H2,1-3H3. The zero-order valence-corrected chi connectivity index (χ0v) is 23.3. The molecule has 3 nitrogen and oxygen atoms in total. The largest absolute Gasteiger partial charge is 0.302 e. The average molecular weight is 506 g/mol. The second-order valence-electron chi connectivity index (χ2n) is 10.7. The fraction of sp³-hybridized carbons (Fsp3) is 0.314. The minimum Gasteiger partial charge on any atom is -0.302 e. The van der Waals surface area contributed by atoms with Gasteiger partial charge in [0.05, 0.1) is 0 Å². The van der Waals surface area contributed by atoms with Crippen LogP contribution in [0.5, 0.6) is 0 Å². The fourth-order valence-electron chi connectivity index (χ4n) is 5.49. The Bertz CT molecular complexity index is 1160. The van der Waals surface area contributed by atoms with Crippen LogP contribution in [0, 0.1) is 0 Å². The van der Waals surface area contributed by atoms with E-state index in [0.29, 0.717) is 12.0 Å². The maximum atomic E-state index is 2.58. The average Bonchev–Trinajstić information content (AvgIpc) is 2.94. The van der Waals surface area contributed by atoms with Crippen LogP contribution >= 0.6 is 0 Å². The van der Waals surface area contributed by atoms with Crippen LogP contribution in [0.25, 0.3) is 0 Å². The first-order valence-electron chi connectivity index (χ1n) is 13.8. The molecule has 0 N–H and O–H groups in total. The number of hydrogen-bond donors (Lipinski definition) is 0. The van der Waals surface area contributed by atoms with Gasteiger partial charge in [0.25, 0.3) is 0 Å². The number of benzene rings is 4. The molecule has 2 atom stereocenters. The summed E-state index contributed by atoms with van der Waals surface area (Å²) in [5.74, 6) is 0.392. The molecule has 2 unspecified atom stereocenters. The first kappa shape index (κ1) is 27.8. The molecule has 4 aromatic carbocycles. The maximum absolute atomic E-state index is 2.58. The summed E-state index contributed by atoms with van der Waals surface area (Å²) < 4.78 is 0. The van der Waals surface area contributed by atoms with E-state index in [0.717, 1.165) is 39.1 Å². The van der Waals surface area contributed by atoms with Gasteiger partial charge in [-0.2, -0.15) is 0 Å². The van der Waals surface area contributed by atoms with Gasteiger partial charge < -0.3 is 9.80 Å². The summed E-state index contributed by atoms with van der Waals surface area (Å²) in [5, 5.41) is 0. The molecular weight excluding hydrogens is 462 g/mol. The highest BCUT2D eigenvalue weighted by Crippen LogP contribution is 2.28. The second kappa shape index (κ2) is 14.6. The topological polar surface area (TPSA) is 9.72 Å². The summed E-state index contributed by atoms with van der Waals surface area (Å²) in [7, 11) is 6.82. The molecule has 0 aliphatic rings. The summed E-state index contributed by atoms with van der Waals surface area (Å²) in [4.78, 5) is 7.54. The molecule has 0 saturated carbocycles. The zero-order valence-electron chi connectivity index (χ0n) is 23.3. The van der Waals surface area contributed by atoms with Gasteiger partial charge in [0, 0.05) is 38.1 Å². The Morgan fingerprint density at radius 2 is 0.921 bits per heavy atom. The van der Waals surface area contributed by atoms with Crippen molar-refractivity contribution in [2.75, 3.05) is 34.2 Å². The smallest absolute Gasteiger partial charge is 0.0233 e. The highest BCUT2D eigenvalue weighted by molar-refractivity contribution is 5.23. The highest BCUT2D eigenvalue weighted by atomic mass is 15.2. The molecule has 0 amide bonds. The molecule has 3 heteroatoms. The number of likely N-dealkylation sites (N-methyl/N-ethyl adjacent to an activating group) is 2. The summed E-state index contributed by atoms with van der Waals surface area (Å²) in [6.45, 7) is 4.92. The van der Waals surface area contributed by atoms with Crippen LogP contribution < -0.4 is 0 Å². The lowest BCUT2D eigenvalue weighted by Crippen LogP contribution is -2.42. The van der Waals surface area contributed by atoms with Crippen molar-refractivity contribution < 1.29 is 0 Å². The molecule has 0 saturated heterocycles. The van der Waals surface area contributed by atoms with Crippen molar-refractivity contribution in [3.05, 3.63) is 144 Å². The number of nitrogens with zero attached hydrogens (tertiary/aromatic N) is 3. The van der Waals surface area contributed by atoms with E-state index in [1.807, 2.05) is 0 Å². The molecular formula is C35H43N3. The molecule has 0 spiro atoms. The fourth-order valence-corrected chi connectivity index (χ4v) is 5.49. The van der Waals surface area contributed by atoms with Crippen LogP contribution in [-0.2, 0) is 19.6 Å². The highest BCUT2D eigenvalue weighted by Gasteiger charge is 2.28. The Morgan fingerprint density at radius 1 is 0.500 bits per heavy atom. The van der Waals surface area contributed by atoms with Gasteiger partial charge in [-0.15, -0.1) is 0 Å². The van der Waals surface area contributed by atoms with Crippen LogP contribution in [0.15, 0.2) is 121 Å². The van der Waals surface area contributed by atoms with Gasteiger partial charge in [-0.1, -0.05) is 121 Å². The second-order valence-corrected chi connectivity index (χ2v) is 10.7. The molecule has 0 aliphatic carbocycles. The molecule has 0 radical (unpaired) electrons. The normalized spacial score (nSPS) is 13.2. The van der Waals surface area contributed by atoms with E-state index in [9.17, 15) is 0 Å². The lowest BCUT2D eigenvalue weighted by atomic mass is 9.87.